The van der Waals surface area contributed by atoms with Crippen molar-refractivity contribution >= 4 is 17.3 Å². The zero-order valence-electron chi connectivity index (χ0n) is 18.5. The fourth-order valence-electron chi connectivity index (χ4n) is 3.93. The minimum absolute atomic E-state index is 0.291. The molecule has 0 amide bonds. The van der Waals surface area contributed by atoms with Gasteiger partial charge in [0.05, 0.1) is 6.54 Å². The van der Waals surface area contributed by atoms with Crippen LogP contribution in [0.3, 0.4) is 0 Å². The van der Waals surface area contributed by atoms with Crippen LogP contribution in [0.1, 0.15) is 12.2 Å². The molecule has 1 N–H and O–H groups in total. The molecule has 1 aliphatic heterocycles. The molecule has 1 fully saturated rings. The topological polar surface area (TPSA) is 53.8 Å². The zero-order chi connectivity index (χ0) is 24.0. The summed E-state index contributed by atoms with van der Waals surface area (Å²) in [6.45, 7) is 6.29. The molecule has 2 aromatic carbocycles. The van der Waals surface area contributed by atoms with E-state index in [9.17, 15) is 13.2 Å². The van der Waals surface area contributed by atoms with Gasteiger partial charge in [-0.25, -0.2) is 0 Å². The smallest absolute Gasteiger partial charge is 0.406 e. The second-order valence-corrected chi connectivity index (χ2v) is 8.53. The van der Waals surface area contributed by atoms with E-state index in [0.717, 1.165) is 50.7 Å². The van der Waals surface area contributed by atoms with Crippen molar-refractivity contribution in [2.45, 2.75) is 19.3 Å². The Morgan fingerprint density at radius 1 is 1.03 bits per heavy atom. The highest BCUT2D eigenvalue weighted by Gasteiger charge is 2.31. The van der Waals surface area contributed by atoms with Gasteiger partial charge in [0.15, 0.2) is 5.76 Å². The van der Waals surface area contributed by atoms with Gasteiger partial charge in [-0.05, 0) is 49.8 Å². The van der Waals surface area contributed by atoms with Crippen LogP contribution < -0.4 is 15.0 Å². The number of rotatable bonds is 9. The molecular formula is C24H26ClF3N4O2. The molecular weight excluding hydrogens is 469 g/mol. The summed E-state index contributed by atoms with van der Waals surface area (Å²) >= 11 is 6.10. The zero-order valence-corrected chi connectivity index (χ0v) is 19.3. The van der Waals surface area contributed by atoms with E-state index in [4.69, 9.17) is 16.1 Å². The van der Waals surface area contributed by atoms with Crippen LogP contribution in [0.2, 0.25) is 5.02 Å². The first-order chi connectivity index (χ1) is 16.4. The summed E-state index contributed by atoms with van der Waals surface area (Å²) in [7, 11) is 0. The normalized spacial score (nSPS) is 15.0. The third-order valence-electron chi connectivity index (χ3n) is 5.60. The van der Waals surface area contributed by atoms with Crippen LogP contribution in [0.5, 0.6) is 5.75 Å². The highest BCUT2D eigenvalue weighted by atomic mass is 35.5. The van der Waals surface area contributed by atoms with Gasteiger partial charge in [0.25, 0.3) is 0 Å². The maximum atomic E-state index is 12.4. The Kier molecular flexibility index (Phi) is 7.97. The average Bonchev–Trinajstić information content (AvgIpc) is 3.27. The fourth-order valence-corrected chi connectivity index (χ4v) is 4.11. The lowest BCUT2D eigenvalue weighted by molar-refractivity contribution is -0.274. The molecule has 3 aromatic rings. The van der Waals surface area contributed by atoms with Crippen LogP contribution in [-0.2, 0) is 6.54 Å². The van der Waals surface area contributed by atoms with Gasteiger partial charge in [-0.2, -0.15) is 0 Å². The van der Waals surface area contributed by atoms with Crippen molar-refractivity contribution in [2.75, 3.05) is 44.2 Å². The number of anilines is 1. The summed E-state index contributed by atoms with van der Waals surface area (Å²) < 4.78 is 46.6. The Morgan fingerprint density at radius 3 is 2.59 bits per heavy atom. The number of benzene rings is 2. The lowest BCUT2D eigenvalue weighted by Gasteiger charge is -2.36. The molecule has 0 spiro atoms. The first-order valence-electron chi connectivity index (χ1n) is 11.1. The number of alkyl halides is 3. The predicted molar refractivity (Wildman–Crippen MR) is 125 cm³/mol. The maximum absolute atomic E-state index is 12.4. The fraction of sp³-hybridized carbons (Fsp3) is 0.375. The SMILES string of the molecule is FC(F)(F)Oc1cccc(-c2cc(CNCCCN3CCN(c4cccc(Cl)c4)CC3)on2)c1. The summed E-state index contributed by atoms with van der Waals surface area (Å²) in [6, 6.07) is 15.4. The van der Waals surface area contributed by atoms with E-state index in [-0.39, 0.29) is 5.75 Å². The Labute approximate surface area is 201 Å². The molecule has 0 radical (unpaired) electrons. The van der Waals surface area contributed by atoms with Crippen molar-refractivity contribution in [3.8, 4) is 17.0 Å². The van der Waals surface area contributed by atoms with E-state index in [1.165, 1.54) is 23.9 Å². The van der Waals surface area contributed by atoms with Crippen molar-refractivity contribution in [1.82, 2.24) is 15.4 Å². The monoisotopic (exact) mass is 494 g/mol. The quantitative estimate of drug-likeness (QED) is 0.413. The Morgan fingerprint density at radius 2 is 1.82 bits per heavy atom. The first-order valence-corrected chi connectivity index (χ1v) is 11.5. The molecule has 1 aliphatic rings. The minimum atomic E-state index is -4.73. The molecule has 1 saturated heterocycles. The van der Waals surface area contributed by atoms with Crippen LogP contribution in [0.15, 0.2) is 59.1 Å². The summed E-state index contributed by atoms with van der Waals surface area (Å²) in [5.74, 6) is 0.327. The van der Waals surface area contributed by atoms with Gasteiger partial charge >= 0.3 is 6.36 Å². The van der Waals surface area contributed by atoms with Crippen molar-refractivity contribution in [1.29, 1.82) is 0 Å². The van der Waals surface area contributed by atoms with Crippen LogP contribution in [-0.4, -0.2) is 55.7 Å². The van der Waals surface area contributed by atoms with Crippen molar-refractivity contribution in [3.63, 3.8) is 0 Å². The summed E-state index contributed by atoms with van der Waals surface area (Å²) in [5, 5.41) is 8.05. The van der Waals surface area contributed by atoms with E-state index in [0.29, 0.717) is 23.6 Å². The summed E-state index contributed by atoms with van der Waals surface area (Å²) in [4.78, 5) is 4.80. The van der Waals surface area contributed by atoms with E-state index < -0.39 is 6.36 Å². The average molecular weight is 495 g/mol. The van der Waals surface area contributed by atoms with Gasteiger partial charge in [0, 0.05) is 48.5 Å². The number of nitrogens with one attached hydrogen (secondary N) is 1. The van der Waals surface area contributed by atoms with E-state index in [2.05, 4.69) is 31.1 Å². The first kappa shape index (κ1) is 24.4. The number of aromatic nitrogens is 1. The molecule has 0 unspecified atom stereocenters. The number of hydrogen-bond donors (Lipinski definition) is 1. The van der Waals surface area contributed by atoms with Gasteiger partial charge in [-0.3, -0.25) is 4.90 Å². The molecule has 4 rings (SSSR count). The molecule has 0 bridgehead atoms. The van der Waals surface area contributed by atoms with Crippen LogP contribution in [0.4, 0.5) is 18.9 Å². The number of halogens is 4. The molecule has 10 heteroatoms. The van der Waals surface area contributed by atoms with E-state index in [1.807, 2.05) is 18.2 Å². The lowest BCUT2D eigenvalue weighted by Crippen LogP contribution is -2.47. The maximum Gasteiger partial charge on any atom is 0.573 e. The predicted octanol–water partition coefficient (Wildman–Crippen LogP) is 5.20. The van der Waals surface area contributed by atoms with Gasteiger partial charge in [0.2, 0.25) is 0 Å². The second-order valence-electron chi connectivity index (χ2n) is 8.09. The second kappa shape index (κ2) is 11.1. The van der Waals surface area contributed by atoms with Crippen LogP contribution in [0.25, 0.3) is 11.3 Å². The van der Waals surface area contributed by atoms with E-state index in [1.54, 1.807) is 12.1 Å². The summed E-state index contributed by atoms with van der Waals surface area (Å²) in [5.41, 5.74) is 2.12. The van der Waals surface area contributed by atoms with E-state index >= 15 is 0 Å². The van der Waals surface area contributed by atoms with Gasteiger partial charge in [0.1, 0.15) is 11.4 Å². The molecule has 6 nitrogen and oxygen atoms in total. The molecule has 2 heterocycles. The standard InChI is InChI=1S/C24H26ClF3N4O2/c25-19-5-2-6-20(15-19)32-12-10-31(11-13-32)9-3-8-29-17-22-16-23(30-34-22)18-4-1-7-21(14-18)33-24(26,27)28/h1-2,4-7,14-16,29H,3,8-13,17H2. The highest BCUT2D eigenvalue weighted by molar-refractivity contribution is 6.30. The minimum Gasteiger partial charge on any atom is -0.406 e. The molecule has 0 saturated carbocycles. The number of piperazine rings is 1. The molecule has 34 heavy (non-hydrogen) atoms. The van der Waals surface area contributed by atoms with Gasteiger partial charge in [-0.15, -0.1) is 13.2 Å². The van der Waals surface area contributed by atoms with Crippen LogP contribution in [0, 0.1) is 0 Å². The largest absolute Gasteiger partial charge is 0.573 e. The van der Waals surface area contributed by atoms with Crippen molar-refractivity contribution < 1.29 is 22.4 Å². The number of hydrogen-bond acceptors (Lipinski definition) is 6. The van der Waals surface area contributed by atoms with Crippen molar-refractivity contribution in [2.24, 2.45) is 0 Å². The van der Waals surface area contributed by atoms with Crippen molar-refractivity contribution in [3.05, 3.63) is 65.4 Å². The Bertz CT molecular complexity index is 1070. The number of nitrogens with zero attached hydrogens (tertiary/aromatic N) is 3. The lowest BCUT2D eigenvalue weighted by atomic mass is 10.1. The molecule has 0 aliphatic carbocycles. The third kappa shape index (κ3) is 7.12. The number of ether oxygens (including phenoxy) is 1. The third-order valence-corrected chi connectivity index (χ3v) is 5.83. The Hall–Kier alpha value is -2.75. The Balaban J connectivity index is 1.16. The summed E-state index contributed by atoms with van der Waals surface area (Å²) in [6.07, 6.45) is -3.74. The molecule has 1 aromatic heterocycles. The molecule has 182 valence electrons. The van der Waals surface area contributed by atoms with Gasteiger partial charge in [-0.1, -0.05) is 35.0 Å². The van der Waals surface area contributed by atoms with Crippen LogP contribution >= 0.6 is 11.6 Å². The highest BCUT2D eigenvalue weighted by Crippen LogP contribution is 2.28. The molecule has 0 atom stereocenters. The van der Waals surface area contributed by atoms with Gasteiger partial charge < -0.3 is 19.5 Å².